The summed E-state index contributed by atoms with van der Waals surface area (Å²) in [5, 5.41) is 0. The molecule has 1 aliphatic rings. The second-order valence-corrected chi connectivity index (χ2v) is 5.85. The third-order valence-electron chi connectivity index (χ3n) is 2.92. The van der Waals surface area contributed by atoms with Crippen LogP contribution in [0, 0.1) is 5.92 Å². The standard InChI is InChI=1S/C13H23NO4/c1-9-6-7-10(11(15)17-5)14(8-9)12(16)18-13(2,3)4/h9-10H,6-8H2,1-5H3/t9-,10+/m1/s1. The van der Waals surface area contributed by atoms with Crippen molar-refractivity contribution in [1.82, 2.24) is 4.90 Å². The van der Waals surface area contributed by atoms with E-state index in [9.17, 15) is 9.59 Å². The van der Waals surface area contributed by atoms with Gasteiger partial charge in [0.1, 0.15) is 11.6 Å². The normalized spacial score (nSPS) is 24.6. The highest BCUT2D eigenvalue weighted by Crippen LogP contribution is 2.24. The maximum atomic E-state index is 12.1. The van der Waals surface area contributed by atoms with Crippen LogP contribution < -0.4 is 0 Å². The molecular weight excluding hydrogens is 234 g/mol. The van der Waals surface area contributed by atoms with Crippen molar-refractivity contribution < 1.29 is 19.1 Å². The van der Waals surface area contributed by atoms with Gasteiger partial charge >= 0.3 is 12.1 Å². The fraction of sp³-hybridized carbons (Fsp3) is 0.846. The van der Waals surface area contributed by atoms with Gasteiger partial charge in [0.05, 0.1) is 7.11 Å². The van der Waals surface area contributed by atoms with E-state index >= 15 is 0 Å². The summed E-state index contributed by atoms with van der Waals surface area (Å²) in [6.07, 6.45) is 1.11. The highest BCUT2D eigenvalue weighted by atomic mass is 16.6. The third-order valence-corrected chi connectivity index (χ3v) is 2.92. The number of amides is 1. The molecule has 1 fully saturated rings. The lowest BCUT2D eigenvalue weighted by molar-refractivity contribution is -0.148. The van der Waals surface area contributed by atoms with Crippen molar-refractivity contribution in [3.05, 3.63) is 0 Å². The Balaban J connectivity index is 2.78. The van der Waals surface area contributed by atoms with Gasteiger partial charge in [-0.2, -0.15) is 0 Å². The molecule has 0 N–H and O–H groups in total. The van der Waals surface area contributed by atoms with Crippen LogP contribution in [0.25, 0.3) is 0 Å². The number of carbonyl (C=O) groups excluding carboxylic acids is 2. The molecule has 0 aromatic rings. The quantitative estimate of drug-likeness (QED) is 0.676. The predicted molar refractivity (Wildman–Crippen MR) is 67.1 cm³/mol. The van der Waals surface area contributed by atoms with Gasteiger partial charge in [-0.25, -0.2) is 9.59 Å². The zero-order valence-corrected chi connectivity index (χ0v) is 11.9. The Morgan fingerprint density at radius 3 is 2.33 bits per heavy atom. The number of likely N-dealkylation sites (tertiary alicyclic amines) is 1. The maximum absolute atomic E-state index is 12.1. The van der Waals surface area contributed by atoms with Crippen molar-refractivity contribution in [3.63, 3.8) is 0 Å². The molecule has 1 aliphatic heterocycles. The molecule has 5 heteroatoms. The van der Waals surface area contributed by atoms with Gasteiger partial charge in [-0.1, -0.05) is 6.92 Å². The van der Waals surface area contributed by atoms with E-state index in [1.807, 2.05) is 20.8 Å². The number of methoxy groups -OCH3 is 1. The Bertz CT molecular complexity index is 321. The summed E-state index contributed by atoms with van der Waals surface area (Å²) >= 11 is 0. The molecule has 0 radical (unpaired) electrons. The highest BCUT2D eigenvalue weighted by Gasteiger charge is 2.37. The fourth-order valence-corrected chi connectivity index (χ4v) is 2.06. The summed E-state index contributed by atoms with van der Waals surface area (Å²) in [6, 6.07) is -0.513. The van der Waals surface area contributed by atoms with Crippen molar-refractivity contribution in [3.8, 4) is 0 Å². The summed E-state index contributed by atoms with van der Waals surface area (Å²) in [5.41, 5.74) is -0.557. The molecule has 0 unspecified atom stereocenters. The minimum Gasteiger partial charge on any atom is -0.467 e. The van der Waals surface area contributed by atoms with Crippen LogP contribution in [0.3, 0.4) is 0 Å². The van der Waals surface area contributed by atoms with E-state index in [0.29, 0.717) is 18.9 Å². The zero-order chi connectivity index (χ0) is 13.9. The van der Waals surface area contributed by atoms with Crippen LogP contribution in [0.2, 0.25) is 0 Å². The Hall–Kier alpha value is -1.26. The zero-order valence-electron chi connectivity index (χ0n) is 11.9. The number of carbonyl (C=O) groups is 2. The second-order valence-electron chi connectivity index (χ2n) is 5.85. The molecule has 0 bridgehead atoms. The van der Waals surface area contributed by atoms with Gasteiger partial charge in [-0.05, 0) is 39.5 Å². The molecule has 1 saturated heterocycles. The summed E-state index contributed by atoms with van der Waals surface area (Å²) in [7, 11) is 1.34. The van der Waals surface area contributed by atoms with E-state index in [-0.39, 0.29) is 5.97 Å². The van der Waals surface area contributed by atoms with Crippen LogP contribution in [0.5, 0.6) is 0 Å². The minimum absolute atomic E-state index is 0.368. The monoisotopic (exact) mass is 257 g/mol. The van der Waals surface area contributed by atoms with Crippen LogP contribution in [-0.4, -0.2) is 42.3 Å². The van der Waals surface area contributed by atoms with Gasteiger partial charge in [-0.3, -0.25) is 4.90 Å². The third kappa shape index (κ3) is 3.89. The molecule has 0 spiro atoms. The summed E-state index contributed by atoms with van der Waals surface area (Å²) in [5.74, 6) is 0.00573. The molecule has 0 aromatic carbocycles. The first-order valence-corrected chi connectivity index (χ1v) is 6.32. The lowest BCUT2D eigenvalue weighted by Crippen LogP contribution is -2.52. The molecule has 0 aliphatic carbocycles. The molecule has 1 rings (SSSR count). The Morgan fingerprint density at radius 2 is 1.83 bits per heavy atom. The number of nitrogens with zero attached hydrogens (tertiary/aromatic N) is 1. The average Bonchev–Trinajstić information content (AvgIpc) is 2.25. The SMILES string of the molecule is COC(=O)[C@@H]1CC[C@@H](C)CN1C(=O)OC(C)(C)C. The van der Waals surface area contributed by atoms with Crippen molar-refractivity contribution in [2.75, 3.05) is 13.7 Å². The molecule has 18 heavy (non-hydrogen) atoms. The number of ether oxygens (including phenoxy) is 2. The second kappa shape index (κ2) is 5.59. The number of piperidine rings is 1. The van der Waals surface area contributed by atoms with E-state index in [1.165, 1.54) is 12.0 Å². The van der Waals surface area contributed by atoms with E-state index < -0.39 is 17.7 Å². The molecule has 1 heterocycles. The van der Waals surface area contributed by atoms with Gasteiger partial charge in [0, 0.05) is 6.54 Å². The molecule has 0 aromatic heterocycles. The first-order chi connectivity index (χ1) is 8.24. The fourth-order valence-electron chi connectivity index (χ4n) is 2.06. The van der Waals surface area contributed by atoms with Gasteiger partial charge in [0.25, 0.3) is 0 Å². The van der Waals surface area contributed by atoms with E-state index in [1.54, 1.807) is 0 Å². The van der Waals surface area contributed by atoms with Gasteiger partial charge in [0.15, 0.2) is 0 Å². The topological polar surface area (TPSA) is 55.8 Å². The van der Waals surface area contributed by atoms with Crippen LogP contribution in [-0.2, 0) is 14.3 Å². The van der Waals surface area contributed by atoms with E-state index in [2.05, 4.69) is 6.92 Å². The van der Waals surface area contributed by atoms with Gasteiger partial charge < -0.3 is 9.47 Å². The Kier molecular flexibility index (Phi) is 4.59. The Labute approximate surface area is 108 Å². The first kappa shape index (κ1) is 14.8. The number of hydrogen-bond donors (Lipinski definition) is 0. The summed E-state index contributed by atoms with van der Waals surface area (Å²) < 4.78 is 10.1. The molecule has 104 valence electrons. The van der Waals surface area contributed by atoms with E-state index in [4.69, 9.17) is 9.47 Å². The smallest absolute Gasteiger partial charge is 0.411 e. The van der Waals surface area contributed by atoms with Gasteiger partial charge in [-0.15, -0.1) is 0 Å². The Morgan fingerprint density at radius 1 is 1.22 bits per heavy atom. The van der Waals surface area contributed by atoms with Crippen LogP contribution in [0.15, 0.2) is 0 Å². The lowest BCUT2D eigenvalue weighted by Gasteiger charge is -2.37. The predicted octanol–water partition coefficient (Wildman–Crippen LogP) is 2.20. The first-order valence-electron chi connectivity index (χ1n) is 6.32. The van der Waals surface area contributed by atoms with Crippen LogP contribution in [0.1, 0.15) is 40.5 Å². The van der Waals surface area contributed by atoms with Crippen LogP contribution in [0.4, 0.5) is 4.79 Å². The molecular formula is C13H23NO4. The molecule has 0 saturated carbocycles. The number of rotatable bonds is 1. The average molecular weight is 257 g/mol. The minimum atomic E-state index is -0.557. The largest absolute Gasteiger partial charge is 0.467 e. The molecule has 2 atom stereocenters. The molecule has 1 amide bonds. The summed E-state index contributed by atoms with van der Waals surface area (Å²) in [6.45, 7) is 8.03. The number of esters is 1. The lowest BCUT2D eigenvalue weighted by atomic mass is 9.94. The van der Waals surface area contributed by atoms with E-state index in [0.717, 1.165) is 6.42 Å². The van der Waals surface area contributed by atoms with Crippen molar-refractivity contribution in [1.29, 1.82) is 0 Å². The number of hydrogen-bond acceptors (Lipinski definition) is 4. The summed E-state index contributed by atoms with van der Waals surface area (Å²) in [4.78, 5) is 25.3. The van der Waals surface area contributed by atoms with Crippen molar-refractivity contribution in [2.45, 2.75) is 52.2 Å². The highest BCUT2D eigenvalue weighted by molar-refractivity contribution is 5.81. The van der Waals surface area contributed by atoms with Crippen LogP contribution >= 0.6 is 0 Å². The van der Waals surface area contributed by atoms with Crippen molar-refractivity contribution >= 4 is 12.1 Å². The van der Waals surface area contributed by atoms with Crippen molar-refractivity contribution in [2.24, 2.45) is 5.92 Å². The van der Waals surface area contributed by atoms with Gasteiger partial charge in [0.2, 0.25) is 0 Å². The maximum Gasteiger partial charge on any atom is 0.411 e. The molecule has 5 nitrogen and oxygen atoms in total.